The summed E-state index contributed by atoms with van der Waals surface area (Å²) < 4.78 is 48.0. The van der Waals surface area contributed by atoms with Crippen LogP contribution in [0.5, 0.6) is 0 Å². The molecule has 1 aromatic rings. The van der Waals surface area contributed by atoms with Gasteiger partial charge >= 0.3 is 19.3 Å². The monoisotopic (exact) mass is 360 g/mol. The SMILES string of the molecule is CCOB(OC(C)(C)CC)c1cccc(NC(=O)NCC(F)(F)F)c1. The summed E-state index contributed by atoms with van der Waals surface area (Å²) in [6.07, 6.45) is -3.69. The Morgan fingerprint density at radius 2 is 1.92 bits per heavy atom. The molecule has 0 aliphatic heterocycles. The minimum absolute atomic E-state index is 0.347. The van der Waals surface area contributed by atoms with Gasteiger partial charge in [0.05, 0.1) is 0 Å². The van der Waals surface area contributed by atoms with Crippen LogP contribution in [0.3, 0.4) is 0 Å². The van der Waals surface area contributed by atoms with Crippen LogP contribution in [-0.4, -0.2) is 38.1 Å². The third-order valence-electron chi connectivity index (χ3n) is 3.46. The Bertz CT molecular complexity index is 568. The van der Waals surface area contributed by atoms with Gasteiger partial charge in [-0.25, -0.2) is 4.79 Å². The van der Waals surface area contributed by atoms with Gasteiger partial charge in [-0.05, 0) is 44.8 Å². The molecule has 1 aromatic carbocycles. The van der Waals surface area contributed by atoms with E-state index in [1.807, 2.05) is 27.7 Å². The number of nitrogens with one attached hydrogen (secondary N) is 2. The number of urea groups is 1. The molecule has 5 nitrogen and oxygen atoms in total. The summed E-state index contributed by atoms with van der Waals surface area (Å²) in [5.74, 6) is 0. The maximum Gasteiger partial charge on any atom is 0.494 e. The lowest BCUT2D eigenvalue weighted by atomic mass is 9.77. The smallest absolute Gasteiger partial charge is 0.408 e. The second kappa shape index (κ2) is 9.10. The van der Waals surface area contributed by atoms with E-state index in [9.17, 15) is 18.0 Å². The van der Waals surface area contributed by atoms with Crippen LogP contribution >= 0.6 is 0 Å². The summed E-state index contributed by atoms with van der Waals surface area (Å²) in [7, 11) is -0.639. The second-order valence-electron chi connectivity index (χ2n) is 6.07. The number of anilines is 1. The van der Waals surface area contributed by atoms with Crippen molar-refractivity contribution in [3.63, 3.8) is 0 Å². The zero-order valence-electron chi connectivity index (χ0n) is 14.9. The van der Waals surface area contributed by atoms with Gasteiger partial charge in [0.15, 0.2) is 0 Å². The molecule has 0 bridgehead atoms. The van der Waals surface area contributed by atoms with Crippen molar-refractivity contribution in [2.45, 2.75) is 45.9 Å². The van der Waals surface area contributed by atoms with Gasteiger partial charge in [-0.3, -0.25) is 0 Å². The van der Waals surface area contributed by atoms with Crippen LogP contribution in [-0.2, 0) is 9.31 Å². The molecule has 0 saturated heterocycles. The Hall–Kier alpha value is -1.74. The summed E-state index contributed by atoms with van der Waals surface area (Å²) in [4.78, 5) is 11.6. The third kappa shape index (κ3) is 8.26. The molecule has 0 aliphatic rings. The van der Waals surface area contributed by atoms with Gasteiger partial charge in [-0.15, -0.1) is 0 Å². The molecule has 0 aliphatic carbocycles. The van der Waals surface area contributed by atoms with Crippen LogP contribution in [0, 0.1) is 0 Å². The quantitative estimate of drug-likeness (QED) is 0.700. The van der Waals surface area contributed by atoms with E-state index in [-0.39, 0.29) is 0 Å². The zero-order chi connectivity index (χ0) is 19.1. The predicted octanol–water partition coefficient (Wildman–Crippen LogP) is 3.31. The standard InChI is InChI=1S/C16H24BF3N2O3/c1-5-15(3,4)25-17(24-6-2)12-8-7-9-13(10-12)22-14(23)21-11-16(18,19)20/h7-10H,5-6,11H2,1-4H3,(H2,21,22,23). The first-order chi connectivity index (χ1) is 11.6. The van der Waals surface area contributed by atoms with E-state index in [0.29, 0.717) is 17.8 Å². The van der Waals surface area contributed by atoms with E-state index in [1.165, 1.54) is 0 Å². The van der Waals surface area contributed by atoms with Crippen molar-refractivity contribution in [2.75, 3.05) is 18.5 Å². The Labute approximate surface area is 146 Å². The lowest BCUT2D eigenvalue weighted by Gasteiger charge is -2.28. The minimum atomic E-state index is -4.46. The molecular weight excluding hydrogens is 336 g/mol. The molecule has 25 heavy (non-hydrogen) atoms. The van der Waals surface area contributed by atoms with Gasteiger partial charge in [-0.2, -0.15) is 13.2 Å². The number of carbonyl (C=O) groups excluding carboxylic acids is 1. The number of hydrogen-bond acceptors (Lipinski definition) is 3. The van der Waals surface area contributed by atoms with Gasteiger partial charge in [0.2, 0.25) is 0 Å². The molecular formula is C16H24BF3N2O3. The Morgan fingerprint density at radius 3 is 2.48 bits per heavy atom. The molecule has 9 heteroatoms. The number of hydrogen-bond donors (Lipinski definition) is 2. The number of amides is 2. The van der Waals surface area contributed by atoms with Crippen molar-refractivity contribution in [1.29, 1.82) is 0 Å². The molecule has 0 fully saturated rings. The van der Waals surface area contributed by atoms with Crippen LogP contribution in [0.1, 0.15) is 34.1 Å². The molecule has 0 spiro atoms. The predicted molar refractivity (Wildman–Crippen MR) is 92.0 cm³/mol. The number of halogens is 3. The average Bonchev–Trinajstić information content (AvgIpc) is 2.52. The number of rotatable bonds is 8. The van der Waals surface area contributed by atoms with Gasteiger partial charge in [-0.1, -0.05) is 19.1 Å². The molecule has 2 amide bonds. The highest BCUT2D eigenvalue weighted by molar-refractivity contribution is 6.61. The molecule has 0 radical (unpaired) electrons. The van der Waals surface area contributed by atoms with Crippen LogP contribution in [0.15, 0.2) is 24.3 Å². The fourth-order valence-electron chi connectivity index (χ4n) is 1.84. The van der Waals surface area contributed by atoms with Crippen LogP contribution in [0.4, 0.5) is 23.7 Å². The summed E-state index contributed by atoms with van der Waals surface area (Å²) in [5.41, 5.74) is 0.602. The van der Waals surface area contributed by atoms with E-state index in [4.69, 9.17) is 9.31 Å². The summed E-state index contributed by atoms with van der Waals surface area (Å²) in [6.45, 7) is 6.73. The highest BCUT2D eigenvalue weighted by atomic mass is 19.4. The fourth-order valence-corrected chi connectivity index (χ4v) is 1.84. The van der Waals surface area contributed by atoms with E-state index in [0.717, 1.165) is 6.42 Å². The summed E-state index contributed by atoms with van der Waals surface area (Å²) in [6, 6.07) is 5.69. The van der Waals surface area contributed by atoms with E-state index < -0.39 is 31.5 Å². The first kappa shape index (κ1) is 21.3. The maximum absolute atomic E-state index is 12.1. The largest absolute Gasteiger partial charge is 0.494 e. The van der Waals surface area contributed by atoms with Crippen molar-refractivity contribution in [1.82, 2.24) is 5.32 Å². The van der Waals surface area contributed by atoms with Gasteiger partial charge in [0, 0.05) is 17.9 Å². The van der Waals surface area contributed by atoms with Crippen molar-refractivity contribution in [2.24, 2.45) is 0 Å². The molecule has 140 valence electrons. The minimum Gasteiger partial charge on any atom is -0.408 e. The van der Waals surface area contributed by atoms with Gasteiger partial charge < -0.3 is 19.9 Å². The Kier molecular flexibility index (Phi) is 7.75. The van der Waals surface area contributed by atoms with Gasteiger partial charge in [0.1, 0.15) is 6.54 Å². The normalized spacial score (nSPS) is 12.0. The van der Waals surface area contributed by atoms with E-state index in [1.54, 1.807) is 29.6 Å². The highest BCUT2D eigenvalue weighted by Crippen LogP contribution is 2.16. The number of carbonyl (C=O) groups is 1. The average molecular weight is 360 g/mol. The molecule has 1 rings (SSSR count). The zero-order valence-corrected chi connectivity index (χ0v) is 14.9. The maximum atomic E-state index is 12.1. The van der Waals surface area contributed by atoms with Crippen LogP contribution < -0.4 is 16.1 Å². The lowest BCUT2D eigenvalue weighted by Crippen LogP contribution is -2.44. The Morgan fingerprint density at radius 1 is 1.24 bits per heavy atom. The van der Waals surface area contributed by atoms with Crippen molar-refractivity contribution < 1.29 is 27.3 Å². The highest BCUT2D eigenvalue weighted by Gasteiger charge is 2.30. The number of benzene rings is 1. The fraction of sp³-hybridized carbons (Fsp3) is 0.562. The molecule has 0 heterocycles. The topological polar surface area (TPSA) is 59.6 Å². The Balaban J connectivity index is 2.81. The van der Waals surface area contributed by atoms with Crippen LogP contribution in [0.25, 0.3) is 0 Å². The molecule has 0 atom stereocenters. The van der Waals surface area contributed by atoms with Crippen molar-refractivity contribution in [3.05, 3.63) is 24.3 Å². The van der Waals surface area contributed by atoms with Gasteiger partial charge in [0.25, 0.3) is 0 Å². The van der Waals surface area contributed by atoms with Crippen molar-refractivity contribution in [3.8, 4) is 0 Å². The lowest BCUT2D eigenvalue weighted by molar-refractivity contribution is -0.122. The summed E-state index contributed by atoms with van der Waals surface area (Å²) >= 11 is 0. The van der Waals surface area contributed by atoms with E-state index in [2.05, 4.69) is 5.32 Å². The number of alkyl halides is 3. The molecule has 0 saturated carbocycles. The van der Waals surface area contributed by atoms with Crippen LogP contribution in [0.2, 0.25) is 0 Å². The second-order valence-corrected chi connectivity index (χ2v) is 6.07. The first-order valence-electron chi connectivity index (χ1n) is 8.07. The first-order valence-corrected chi connectivity index (χ1v) is 8.07. The molecule has 0 unspecified atom stereocenters. The molecule has 0 aromatic heterocycles. The molecule has 2 N–H and O–H groups in total. The van der Waals surface area contributed by atoms with Crippen molar-refractivity contribution >= 4 is 24.3 Å². The summed E-state index contributed by atoms with van der Waals surface area (Å²) in [5, 5.41) is 4.12. The third-order valence-corrected chi connectivity index (χ3v) is 3.46. The van der Waals surface area contributed by atoms with E-state index >= 15 is 0 Å².